The topological polar surface area (TPSA) is 108 Å². The van der Waals surface area contributed by atoms with E-state index in [-0.39, 0.29) is 24.4 Å². The van der Waals surface area contributed by atoms with Gasteiger partial charge in [0.05, 0.1) is 35.8 Å². The fourth-order valence-electron chi connectivity index (χ4n) is 6.11. The third-order valence-electron chi connectivity index (χ3n) is 7.98. The molecule has 2 heterocycles. The van der Waals surface area contributed by atoms with Crippen molar-refractivity contribution >= 4 is 28.8 Å². The average molecular weight is 501 g/mol. The van der Waals surface area contributed by atoms with Crippen LogP contribution in [0.2, 0.25) is 0 Å². The Labute approximate surface area is 216 Å². The van der Waals surface area contributed by atoms with Crippen molar-refractivity contribution in [1.82, 2.24) is 9.55 Å². The fraction of sp³-hybridized carbons (Fsp3) is 0.448. The molecule has 8 nitrogen and oxygen atoms in total. The number of aliphatic carboxylic acids is 1. The Bertz CT molecular complexity index is 1360. The summed E-state index contributed by atoms with van der Waals surface area (Å²) in [4.78, 5) is 31.8. The predicted octanol–water partition coefficient (Wildman–Crippen LogP) is 5.61. The number of nitriles is 1. The zero-order chi connectivity index (χ0) is 26.1. The number of carbonyl (C=O) groups is 2. The lowest BCUT2D eigenvalue weighted by Crippen LogP contribution is -2.42. The number of aryl methyl sites for hydroxylation is 1. The first-order valence-corrected chi connectivity index (χ1v) is 13.0. The Balaban J connectivity index is 1.66. The van der Waals surface area contributed by atoms with Gasteiger partial charge in [0.1, 0.15) is 5.82 Å². The molecule has 4 atom stereocenters. The Morgan fingerprint density at radius 2 is 1.97 bits per heavy atom. The van der Waals surface area contributed by atoms with E-state index in [9.17, 15) is 20.0 Å². The van der Waals surface area contributed by atoms with Crippen LogP contribution in [0.15, 0.2) is 42.5 Å². The number of carboxylic acids is 1. The van der Waals surface area contributed by atoms with Gasteiger partial charge in [0.2, 0.25) is 0 Å². The maximum atomic E-state index is 12.6. The van der Waals surface area contributed by atoms with E-state index in [1.807, 2.05) is 49.4 Å². The Kier molecular flexibility index (Phi) is 6.88. The SMILES string of the molecule is COC(=O)N1c2ccc3c(nc(C[C@@H](C(=O)O)c4ccccc4)n3C3CCCC(C#N)C3)c2CC[C@@H]1C. The van der Waals surface area contributed by atoms with Crippen LogP contribution < -0.4 is 4.90 Å². The summed E-state index contributed by atoms with van der Waals surface area (Å²) in [6.07, 6.45) is 4.87. The number of benzene rings is 2. The smallest absolute Gasteiger partial charge is 0.414 e. The lowest BCUT2D eigenvalue weighted by molar-refractivity contribution is -0.138. The number of hydrogen-bond acceptors (Lipinski definition) is 5. The number of aromatic nitrogens is 2. The van der Waals surface area contributed by atoms with Gasteiger partial charge in [0, 0.05) is 30.0 Å². The highest BCUT2D eigenvalue weighted by Gasteiger charge is 2.34. The minimum absolute atomic E-state index is 0.00292. The van der Waals surface area contributed by atoms with Crippen LogP contribution in [0.3, 0.4) is 0 Å². The molecule has 2 aromatic carbocycles. The number of carbonyl (C=O) groups excluding carboxylic acids is 1. The first-order valence-electron chi connectivity index (χ1n) is 13.0. The van der Waals surface area contributed by atoms with Gasteiger partial charge >= 0.3 is 12.1 Å². The van der Waals surface area contributed by atoms with Crippen molar-refractivity contribution in [1.29, 1.82) is 5.26 Å². The van der Waals surface area contributed by atoms with Crippen LogP contribution in [0.1, 0.15) is 67.9 Å². The number of imidazole rings is 1. The molecular formula is C29H32N4O4. The minimum Gasteiger partial charge on any atom is -0.481 e. The predicted molar refractivity (Wildman–Crippen MR) is 140 cm³/mol. The number of methoxy groups -OCH3 is 1. The van der Waals surface area contributed by atoms with E-state index in [4.69, 9.17) is 9.72 Å². The maximum absolute atomic E-state index is 12.6. The van der Waals surface area contributed by atoms with Gasteiger partial charge in [-0.1, -0.05) is 36.8 Å². The molecule has 1 aromatic heterocycles. The molecule has 1 amide bonds. The monoisotopic (exact) mass is 500 g/mol. The molecule has 2 unspecified atom stereocenters. The van der Waals surface area contributed by atoms with E-state index in [0.29, 0.717) is 5.82 Å². The zero-order valence-corrected chi connectivity index (χ0v) is 21.3. The van der Waals surface area contributed by atoms with E-state index in [1.165, 1.54) is 7.11 Å². The number of carboxylic acid groups (broad SMARTS) is 1. The van der Waals surface area contributed by atoms with Crippen molar-refractivity contribution in [2.75, 3.05) is 12.0 Å². The standard InChI is InChI=1S/C29H32N4O4/c1-18-11-12-22-24(32(18)29(36)37-2)13-14-25-27(22)31-26(33(25)21-10-6-7-19(15-21)17-30)16-23(28(34)35)20-8-4-3-5-9-20/h3-5,8-9,13-14,18-19,21,23H,6-7,10-12,15-16H2,1-2H3,(H,34,35)/t18-,19?,21?,23+/m0/s1. The van der Waals surface area contributed by atoms with Gasteiger partial charge in [-0.05, 0) is 56.7 Å². The van der Waals surface area contributed by atoms with Crippen LogP contribution in [0.5, 0.6) is 0 Å². The van der Waals surface area contributed by atoms with Crippen molar-refractivity contribution in [2.45, 2.75) is 69.9 Å². The number of hydrogen-bond donors (Lipinski definition) is 1. The lowest BCUT2D eigenvalue weighted by Gasteiger charge is -2.34. The second kappa shape index (κ2) is 10.3. The quantitative estimate of drug-likeness (QED) is 0.488. The largest absolute Gasteiger partial charge is 0.481 e. The van der Waals surface area contributed by atoms with Crippen LogP contribution in [0.4, 0.5) is 10.5 Å². The highest BCUT2D eigenvalue weighted by molar-refractivity contribution is 5.95. The summed E-state index contributed by atoms with van der Waals surface area (Å²) in [7, 11) is 1.39. The van der Waals surface area contributed by atoms with Crippen molar-refractivity contribution < 1.29 is 19.4 Å². The summed E-state index contributed by atoms with van der Waals surface area (Å²) in [5.41, 5.74) is 4.27. The van der Waals surface area contributed by atoms with Gasteiger partial charge in [-0.25, -0.2) is 9.78 Å². The third kappa shape index (κ3) is 4.55. The van der Waals surface area contributed by atoms with Crippen molar-refractivity contribution in [3.8, 4) is 6.07 Å². The molecular weight excluding hydrogens is 468 g/mol. The summed E-state index contributed by atoms with van der Waals surface area (Å²) < 4.78 is 7.26. The van der Waals surface area contributed by atoms with E-state index in [0.717, 1.165) is 66.4 Å². The van der Waals surface area contributed by atoms with Gasteiger partial charge in [-0.15, -0.1) is 0 Å². The fourth-order valence-corrected chi connectivity index (χ4v) is 6.11. The van der Waals surface area contributed by atoms with E-state index < -0.39 is 18.0 Å². The van der Waals surface area contributed by atoms with Crippen LogP contribution in [0, 0.1) is 17.2 Å². The number of amides is 1. The summed E-state index contributed by atoms with van der Waals surface area (Å²) in [5.74, 6) is -0.946. The molecule has 1 aliphatic carbocycles. The molecule has 37 heavy (non-hydrogen) atoms. The molecule has 5 rings (SSSR count). The van der Waals surface area contributed by atoms with Gasteiger partial charge in [0.15, 0.2) is 0 Å². The number of ether oxygens (including phenoxy) is 1. The normalized spacial score (nSPS) is 22.2. The Morgan fingerprint density at radius 1 is 1.19 bits per heavy atom. The summed E-state index contributed by atoms with van der Waals surface area (Å²) >= 11 is 0. The highest BCUT2D eigenvalue weighted by atomic mass is 16.5. The molecule has 8 heteroatoms. The summed E-state index contributed by atoms with van der Waals surface area (Å²) in [6, 6.07) is 15.7. The van der Waals surface area contributed by atoms with Gasteiger partial charge in [-0.3, -0.25) is 9.69 Å². The molecule has 0 radical (unpaired) electrons. The number of nitrogens with zero attached hydrogens (tertiary/aromatic N) is 4. The van der Waals surface area contributed by atoms with Crippen LogP contribution in [-0.4, -0.2) is 39.9 Å². The molecule has 2 aliphatic rings. The van der Waals surface area contributed by atoms with Gasteiger partial charge in [0.25, 0.3) is 0 Å². The third-order valence-corrected chi connectivity index (χ3v) is 7.98. The van der Waals surface area contributed by atoms with Crippen LogP contribution in [0.25, 0.3) is 11.0 Å². The molecule has 3 aromatic rings. The second-order valence-corrected chi connectivity index (χ2v) is 10.2. The first kappa shape index (κ1) is 24.8. The molecule has 1 aliphatic heterocycles. The molecule has 1 N–H and O–H groups in total. The van der Waals surface area contributed by atoms with Crippen LogP contribution >= 0.6 is 0 Å². The van der Waals surface area contributed by atoms with Crippen molar-refractivity contribution in [2.24, 2.45) is 5.92 Å². The first-order chi connectivity index (χ1) is 17.9. The minimum atomic E-state index is -0.893. The van der Waals surface area contributed by atoms with Crippen LogP contribution in [-0.2, 0) is 22.4 Å². The second-order valence-electron chi connectivity index (χ2n) is 10.2. The number of fused-ring (bicyclic) bond motifs is 3. The number of anilines is 1. The van der Waals surface area contributed by atoms with E-state index in [2.05, 4.69) is 10.6 Å². The van der Waals surface area contributed by atoms with Gasteiger partial charge in [-0.2, -0.15) is 5.26 Å². The maximum Gasteiger partial charge on any atom is 0.414 e. The van der Waals surface area contributed by atoms with E-state index in [1.54, 1.807) is 4.90 Å². The Hall–Kier alpha value is -3.86. The van der Waals surface area contributed by atoms with Gasteiger partial charge < -0.3 is 14.4 Å². The molecule has 1 saturated carbocycles. The average Bonchev–Trinajstić information content (AvgIpc) is 3.30. The Morgan fingerprint density at radius 3 is 2.68 bits per heavy atom. The molecule has 0 bridgehead atoms. The zero-order valence-electron chi connectivity index (χ0n) is 21.3. The molecule has 1 fully saturated rings. The van der Waals surface area contributed by atoms with Crippen molar-refractivity contribution in [3.05, 3.63) is 59.4 Å². The van der Waals surface area contributed by atoms with E-state index >= 15 is 0 Å². The summed E-state index contributed by atoms with van der Waals surface area (Å²) in [5, 5.41) is 19.8. The molecule has 192 valence electrons. The lowest BCUT2D eigenvalue weighted by atomic mass is 9.86. The highest BCUT2D eigenvalue weighted by Crippen LogP contribution is 2.41. The number of rotatable bonds is 5. The molecule has 0 spiro atoms. The summed E-state index contributed by atoms with van der Waals surface area (Å²) in [6.45, 7) is 2.01. The molecule has 0 saturated heterocycles. The van der Waals surface area contributed by atoms with Crippen molar-refractivity contribution in [3.63, 3.8) is 0 Å².